The number of ether oxygens (including phenoxy) is 1. The zero-order valence-corrected chi connectivity index (χ0v) is 14.0. The minimum atomic E-state index is 0.0211. The first-order chi connectivity index (χ1) is 10.6. The molecule has 0 saturated carbocycles. The highest BCUT2D eigenvalue weighted by molar-refractivity contribution is 7.13. The number of quaternary nitrogens is 1. The Kier molecular flexibility index (Phi) is 5.91. The molecule has 1 aromatic heterocycles. The van der Waals surface area contributed by atoms with Gasteiger partial charge in [-0.1, -0.05) is 0 Å². The van der Waals surface area contributed by atoms with Crippen molar-refractivity contribution in [2.45, 2.75) is 6.42 Å². The van der Waals surface area contributed by atoms with Crippen LogP contribution in [0.2, 0.25) is 0 Å². The van der Waals surface area contributed by atoms with Crippen LogP contribution >= 0.6 is 11.3 Å². The summed E-state index contributed by atoms with van der Waals surface area (Å²) in [6.45, 7) is 1.61. The highest BCUT2D eigenvalue weighted by Gasteiger charge is 2.09. The summed E-state index contributed by atoms with van der Waals surface area (Å²) in [5.74, 6) is 0.843. The maximum Gasteiger partial charge on any atom is 0.226 e. The topological polar surface area (TPSA) is 55.7 Å². The lowest BCUT2D eigenvalue weighted by atomic mass is 10.2. The lowest BCUT2D eigenvalue weighted by molar-refractivity contribution is -0.856. The predicted molar refractivity (Wildman–Crippen MR) is 88.5 cm³/mol. The molecule has 0 radical (unpaired) electrons. The molecule has 2 rings (SSSR count). The molecule has 0 aliphatic heterocycles. The second kappa shape index (κ2) is 7.91. The van der Waals surface area contributed by atoms with Crippen LogP contribution in [0.5, 0.6) is 5.75 Å². The SMILES string of the molecule is COc1ccc(-c2nc(CC(=O)NCC[NH+](C)C)cs2)cc1. The second-order valence-corrected chi connectivity index (χ2v) is 6.21. The highest BCUT2D eigenvalue weighted by Crippen LogP contribution is 2.25. The van der Waals surface area contributed by atoms with Crippen molar-refractivity contribution in [3.05, 3.63) is 35.3 Å². The van der Waals surface area contributed by atoms with E-state index in [1.165, 1.54) is 4.90 Å². The minimum Gasteiger partial charge on any atom is -0.497 e. The van der Waals surface area contributed by atoms with E-state index in [4.69, 9.17) is 4.74 Å². The van der Waals surface area contributed by atoms with Gasteiger partial charge < -0.3 is 15.0 Å². The van der Waals surface area contributed by atoms with E-state index in [0.717, 1.165) is 28.6 Å². The summed E-state index contributed by atoms with van der Waals surface area (Å²) in [5, 5.41) is 5.78. The van der Waals surface area contributed by atoms with Crippen LogP contribution in [0, 0.1) is 0 Å². The van der Waals surface area contributed by atoms with Crippen LogP contribution in [-0.2, 0) is 11.2 Å². The van der Waals surface area contributed by atoms with E-state index in [-0.39, 0.29) is 5.91 Å². The second-order valence-electron chi connectivity index (χ2n) is 5.36. The number of likely N-dealkylation sites (N-methyl/N-ethyl adjacent to an activating group) is 1. The molecule has 1 aromatic carbocycles. The van der Waals surface area contributed by atoms with Crippen LogP contribution in [0.3, 0.4) is 0 Å². The van der Waals surface area contributed by atoms with E-state index in [1.54, 1.807) is 18.4 Å². The van der Waals surface area contributed by atoms with Gasteiger partial charge in [0.2, 0.25) is 5.91 Å². The summed E-state index contributed by atoms with van der Waals surface area (Å²) in [6, 6.07) is 7.77. The Bertz CT molecular complexity index is 608. The number of nitrogens with one attached hydrogen (secondary N) is 2. The maximum atomic E-state index is 11.9. The van der Waals surface area contributed by atoms with Gasteiger partial charge in [-0.25, -0.2) is 4.98 Å². The highest BCUT2D eigenvalue weighted by atomic mass is 32.1. The third-order valence-corrected chi connectivity index (χ3v) is 4.12. The number of aromatic nitrogens is 1. The molecule has 5 nitrogen and oxygen atoms in total. The van der Waals surface area contributed by atoms with E-state index >= 15 is 0 Å². The van der Waals surface area contributed by atoms with Crippen molar-refractivity contribution in [2.24, 2.45) is 0 Å². The minimum absolute atomic E-state index is 0.0211. The molecule has 0 fully saturated rings. The normalized spacial score (nSPS) is 10.7. The van der Waals surface area contributed by atoms with Crippen molar-refractivity contribution >= 4 is 17.2 Å². The molecule has 0 unspecified atom stereocenters. The number of hydrogen-bond donors (Lipinski definition) is 2. The Morgan fingerprint density at radius 3 is 2.68 bits per heavy atom. The number of carbonyl (C=O) groups excluding carboxylic acids is 1. The number of hydrogen-bond acceptors (Lipinski definition) is 4. The maximum absolute atomic E-state index is 11.9. The molecule has 22 heavy (non-hydrogen) atoms. The Labute approximate surface area is 134 Å². The predicted octanol–water partition coefficient (Wildman–Crippen LogP) is 0.622. The third kappa shape index (κ3) is 4.82. The standard InChI is InChI=1S/C16H21N3O2S/c1-19(2)9-8-17-15(20)10-13-11-22-16(18-13)12-4-6-14(21-3)7-5-12/h4-7,11H,8-10H2,1-3H3,(H,17,20)/p+1. The molecule has 2 aromatic rings. The number of carbonyl (C=O) groups is 1. The first-order valence-corrected chi connectivity index (χ1v) is 8.11. The third-order valence-electron chi connectivity index (χ3n) is 3.18. The molecular formula is C16H22N3O2S+. The average molecular weight is 320 g/mol. The van der Waals surface area contributed by atoms with E-state index in [2.05, 4.69) is 24.4 Å². The summed E-state index contributed by atoms with van der Waals surface area (Å²) in [5.41, 5.74) is 1.85. The van der Waals surface area contributed by atoms with Gasteiger partial charge in [0, 0.05) is 10.9 Å². The molecule has 0 atom stereocenters. The molecule has 0 spiro atoms. The lowest BCUT2D eigenvalue weighted by Crippen LogP contribution is -3.06. The first kappa shape index (κ1) is 16.5. The number of rotatable bonds is 7. The fourth-order valence-electron chi connectivity index (χ4n) is 1.93. The summed E-state index contributed by atoms with van der Waals surface area (Å²) >= 11 is 1.55. The Balaban J connectivity index is 1.91. The van der Waals surface area contributed by atoms with E-state index in [1.807, 2.05) is 29.6 Å². The van der Waals surface area contributed by atoms with Crippen molar-refractivity contribution < 1.29 is 14.4 Å². The van der Waals surface area contributed by atoms with Gasteiger partial charge in [-0.15, -0.1) is 11.3 Å². The molecule has 6 heteroatoms. The van der Waals surface area contributed by atoms with Gasteiger partial charge in [0.25, 0.3) is 0 Å². The fourth-order valence-corrected chi connectivity index (χ4v) is 2.76. The number of amides is 1. The zero-order chi connectivity index (χ0) is 15.9. The first-order valence-electron chi connectivity index (χ1n) is 7.23. The van der Waals surface area contributed by atoms with Gasteiger partial charge in [0.05, 0.1) is 46.4 Å². The molecule has 1 amide bonds. The summed E-state index contributed by atoms with van der Waals surface area (Å²) in [4.78, 5) is 17.7. The van der Waals surface area contributed by atoms with Crippen LogP contribution in [0.25, 0.3) is 10.6 Å². The summed E-state index contributed by atoms with van der Waals surface area (Å²) < 4.78 is 5.15. The summed E-state index contributed by atoms with van der Waals surface area (Å²) in [6.07, 6.45) is 0.329. The zero-order valence-electron chi connectivity index (χ0n) is 13.2. The van der Waals surface area contributed by atoms with Crippen LogP contribution in [0.15, 0.2) is 29.6 Å². The van der Waals surface area contributed by atoms with Crippen molar-refractivity contribution in [1.29, 1.82) is 0 Å². The number of thiazole rings is 1. The number of benzene rings is 1. The molecule has 0 aliphatic rings. The van der Waals surface area contributed by atoms with Crippen molar-refractivity contribution in [3.63, 3.8) is 0 Å². The van der Waals surface area contributed by atoms with E-state index in [0.29, 0.717) is 13.0 Å². The van der Waals surface area contributed by atoms with Crippen molar-refractivity contribution in [3.8, 4) is 16.3 Å². The molecule has 0 bridgehead atoms. The van der Waals surface area contributed by atoms with Crippen LogP contribution < -0.4 is 15.0 Å². The monoisotopic (exact) mass is 320 g/mol. The average Bonchev–Trinajstić information content (AvgIpc) is 2.95. The van der Waals surface area contributed by atoms with Crippen LogP contribution in [0.1, 0.15) is 5.69 Å². The van der Waals surface area contributed by atoms with Crippen molar-refractivity contribution in [1.82, 2.24) is 10.3 Å². The number of methoxy groups -OCH3 is 1. The quantitative estimate of drug-likeness (QED) is 0.786. The number of nitrogens with zero attached hydrogens (tertiary/aromatic N) is 1. The lowest BCUT2D eigenvalue weighted by Gasteiger charge is -2.07. The summed E-state index contributed by atoms with van der Waals surface area (Å²) in [7, 11) is 5.77. The van der Waals surface area contributed by atoms with Gasteiger partial charge in [-0.3, -0.25) is 4.79 Å². The molecule has 0 aliphatic carbocycles. The Hall–Kier alpha value is -1.92. The molecule has 2 N–H and O–H groups in total. The molecular weight excluding hydrogens is 298 g/mol. The Morgan fingerprint density at radius 1 is 1.32 bits per heavy atom. The van der Waals surface area contributed by atoms with Crippen molar-refractivity contribution in [2.75, 3.05) is 34.3 Å². The van der Waals surface area contributed by atoms with Gasteiger partial charge in [-0.05, 0) is 24.3 Å². The van der Waals surface area contributed by atoms with Gasteiger partial charge in [0.1, 0.15) is 10.8 Å². The fraction of sp³-hybridized carbons (Fsp3) is 0.375. The van der Waals surface area contributed by atoms with Crippen LogP contribution in [0.4, 0.5) is 0 Å². The van der Waals surface area contributed by atoms with Gasteiger partial charge in [0.15, 0.2) is 0 Å². The van der Waals surface area contributed by atoms with Crippen LogP contribution in [-0.4, -0.2) is 45.2 Å². The smallest absolute Gasteiger partial charge is 0.226 e. The largest absolute Gasteiger partial charge is 0.497 e. The van der Waals surface area contributed by atoms with Gasteiger partial charge in [-0.2, -0.15) is 0 Å². The molecule has 118 valence electrons. The Morgan fingerprint density at radius 2 is 2.05 bits per heavy atom. The molecule has 1 heterocycles. The molecule has 0 saturated heterocycles. The van der Waals surface area contributed by atoms with E-state index in [9.17, 15) is 4.79 Å². The van der Waals surface area contributed by atoms with E-state index < -0.39 is 0 Å². The van der Waals surface area contributed by atoms with Gasteiger partial charge >= 0.3 is 0 Å².